The Bertz CT molecular complexity index is 411. The maximum atomic E-state index is 9.11. The van der Waals surface area contributed by atoms with Gasteiger partial charge in [0.15, 0.2) is 5.96 Å². The highest BCUT2D eigenvalue weighted by molar-refractivity contribution is 7.11. The van der Waals surface area contributed by atoms with Gasteiger partial charge in [0.1, 0.15) is 0 Å². The lowest BCUT2D eigenvalue weighted by Crippen LogP contribution is -2.40. The van der Waals surface area contributed by atoms with Gasteiger partial charge < -0.3 is 15.7 Å². The zero-order valence-electron chi connectivity index (χ0n) is 13.5. The number of rotatable bonds is 9. The van der Waals surface area contributed by atoms with Crippen molar-refractivity contribution in [1.82, 2.24) is 10.6 Å². The molecule has 5 heteroatoms. The molecule has 0 saturated heterocycles. The number of nitrogens with one attached hydrogen (secondary N) is 2. The average Bonchev–Trinajstić information content (AvgIpc) is 2.88. The van der Waals surface area contributed by atoms with E-state index in [-0.39, 0.29) is 6.61 Å². The summed E-state index contributed by atoms with van der Waals surface area (Å²) in [5.74, 6) is 1.37. The molecule has 0 aliphatic heterocycles. The van der Waals surface area contributed by atoms with Gasteiger partial charge in [-0.15, -0.1) is 11.3 Å². The van der Waals surface area contributed by atoms with Crippen molar-refractivity contribution in [2.24, 2.45) is 10.9 Å². The fraction of sp³-hybridized carbons (Fsp3) is 0.688. The van der Waals surface area contributed by atoms with Gasteiger partial charge in [-0.25, -0.2) is 4.99 Å². The molecular formula is C16H29N3OS. The van der Waals surface area contributed by atoms with Crippen LogP contribution in [0.15, 0.2) is 17.1 Å². The third-order valence-electron chi connectivity index (χ3n) is 3.33. The highest BCUT2D eigenvalue weighted by Gasteiger charge is 2.08. The van der Waals surface area contributed by atoms with E-state index in [9.17, 15) is 0 Å². The van der Waals surface area contributed by atoms with Gasteiger partial charge in [-0.05, 0) is 44.7 Å². The first kappa shape index (κ1) is 18.0. The zero-order chi connectivity index (χ0) is 15.5. The lowest BCUT2D eigenvalue weighted by Gasteiger charge is -2.18. The molecule has 0 saturated carbocycles. The molecule has 0 fully saturated rings. The fourth-order valence-electron chi connectivity index (χ4n) is 2.25. The summed E-state index contributed by atoms with van der Waals surface area (Å²) in [6, 6.07) is 4.27. The van der Waals surface area contributed by atoms with Gasteiger partial charge in [-0.2, -0.15) is 0 Å². The number of aryl methyl sites for hydroxylation is 1. The first-order valence-electron chi connectivity index (χ1n) is 7.87. The molecule has 120 valence electrons. The molecular weight excluding hydrogens is 282 g/mol. The predicted molar refractivity (Wildman–Crippen MR) is 92.0 cm³/mol. The molecule has 0 aromatic carbocycles. The van der Waals surface area contributed by atoms with E-state index in [4.69, 9.17) is 5.11 Å². The van der Waals surface area contributed by atoms with Gasteiger partial charge in [0.2, 0.25) is 0 Å². The molecule has 0 bridgehead atoms. The Balaban J connectivity index is 2.51. The van der Waals surface area contributed by atoms with E-state index in [0.717, 1.165) is 38.3 Å². The lowest BCUT2D eigenvalue weighted by molar-refractivity contribution is 0.251. The monoisotopic (exact) mass is 311 g/mol. The van der Waals surface area contributed by atoms with Crippen LogP contribution < -0.4 is 10.6 Å². The van der Waals surface area contributed by atoms with Gasteiger partial charge >= 0.3 is 0 Å². The minimum absolute atomic E-state index is 0.258. The first-order valence-corrected chi connectivity index (χ1v) is 8.69. The number of aliphatic imine (C=N–C) groups is 1. The molecule has 4 nitrogen and oxygen atoms in total. The predicted octanol–water partition coefficient (Wildman–Crippen LogP) is 2.91. The van der Waals surface area contributed by atoms with Crippen LogP contribution in [-0.4, -0.2) is 30.8 Å². The van der Waals surface area contributed by atoms with E-state index in [2.05, 4.69) is 48.5 Å². The number of guanidine groups is 1. The van der Waals surface area contributed by atoms with Gasteiger partial charge in [0, 0.05) is 29.5 Å². The maximum Gasteiger partial charge on any atom is 0.191 e. The van der Waals surface area contributed by atoms with Crippen LogP contribution in [0.25, 0.3) is 0 Å². The molecule has 0 amide bonds. The average molecular weight is 311 g/mol. The molecule has 1 unspecified atom stereocenters. The Kier molecular flexibility index (Phi) is 9.10. The summed E-state index contributed by atoms with van der Waals surface area (Å²) >= 11 is 1.79. The highest BCUT2D eigenvalue weighted by Crippen LogP contribution is 2.15. The molecule has 1 atom stereocenters. The molecule has 21 heavy (non-hydrogen) atoms. The number of thiophene rings is 1. The SMILES string of the molecule is CCCC(CCO)CNC(=NCc1ccc(C)s1)NCC. The molecule has 1 aromatic heterocycles. The van der Waals surface area contributed by atoms with Crippen molar-refractivity contribution >= 4 is 17.3 Å². The minimum atomic E-state index is 0.258. The summed E-state index contributed by atoms with van der Waals surface area (Å²) in [5.41, 5.74) is 0. The standard InChI is InChI=1S/C16H29N3OS/c1-4-6-14(9-10-20)11-18-16(17-5-2)19-12-15-8-7-13(3)21-15/h7-8,14,20H,4-6,9-12H2,1-3H3,(H2,17,18,19). The number of hydrogen-bond acceptors (Lipinski definition) is 3. The van der Waals surface area contributed by atoms with Gasteiger partial charge in [-0.3, -0.25) is 0 Å². The van der Waals surface area contributed by atoms with E-state index in [1.807, 2.05) is 0 Å². The maximum absolute atomic E-state index is 9.11. The zero-order valence-corrected chi connectivity index (χ0v) is 14.3. The molecule has 0 radical (unpaired) electrons. The fourth-order valence-corrected chi connectivity index (χ4v) is 3.06. The van der Waals surface area contributed by atoms with Crippen molar-refractivity contribution in [3.05, 3.63) is 21.9 Å². The summed E-state index contributed by atoms with van der Waals surface area (Å²) in [5, 5.41) is 15.8. The second-order valence-electron chi connectivity index (χ2n) is 5.26. The van der Waals surface area contributed by atoms with Crippen LogP contribution in [0.4, 0.5) is 0 Å². The number of aliphatic hydroxyl groups is 1. The summed E-state index contributed by atoms with van der Waals surface area (Å²) in [6.07, 6.45) is 3.13. The summed E-state index contributed by atoms with van der Waals surface area (Å²) in [6.45, 7) is 9.07. The highest BCUT2D eigenvalue weighted by atomic mass is 32.1. The Labute approximate surface area is 132 Å². The number of hydrogen-bond donors (Lipinski definition) is 3. The molecule has 1 heterocycles. The third kappa shape index (κ3) is 7.48. The normalized spacial score (nSPS) is 13.2. The molecule has 0 aliphatic carbocycles. The topological polar surface area (TPSA) is 56.6 Å². The van der Waals surface area contributed by atoms with Crippen LogP contribution >= 0.6 is 11.3 Å². The van der Waals surface area contributed by atoms with E-state index >= 15 is 0 Å². The van der Waals surface area contributed by atoms with Gasteiger partial charge in [-0.1, -0.05) is 13.3 Å². The summed E-state index contributed by atoms with van der Waals surface area (Å²) in [7, 11) is 0. The lowest BCUT2D eigenvalue weighted by atomic mass is 10.0. The van der Waals surface area contributed by atoms with Crippen LogP contribution in [0.1, 0.15) is 42.9 Å². The number of aliphatic hydroxyl groups excluding tert-OH is 1. The summed E-state index contributed by atoms with van der Waals surface area (Å²) < 4.78 is 0. The van der Waals surface area contributed by atoms with E-state index in [1.165, 1.54) is 9.75 Å². The Hall–Kier alpha value is -1.07. The molecule has 1 aromatic rings. The quantitative estimate of drug-likeness (QED) is 0.485. The number of nitrogens with zero attached hydrogens (tertiary/aromatic N) is 1. The van der Waals surface area contributed by atoms with Crippen molar-refractivity contribution in [1.29, 1.82) is 0 Å². The first-order chi connectivity index (χ1) is 10.2. The van der Waals surface area contributed by atoms with Crippen LogP contribution in [0.2, 0.25) is 0 Å². The van der Waals surface area contributed by atoms with Crippen molar-refractivity contribution < 1.29 is 5.11 Å². The molecule has 3 N–H and O–H groups in total. The summed E-state index contributed by atoms with van der Waals surface area (Å²) in [4.78, 5) is 7.24. The van der Waals surface area contributed by atoms with Crippen molar-refractivity contribution in [2.75, 3.05) is 19.7 Å². The van der Waals surface area contributed by atoms with Crippen LogP contribution in [0.3, 0.4) is 0 Å². The van der Waals surface area contributed by atoms with Gasteiger partial charge in [0.25, 0.3) is 0 Å². The van der Waals surface area contributed by atoms with Crippen molar-refractivity contribution in [2.45, 2.75) is 46.6 Å². The largest absolute Gasteiger partial charge is 0.396 e. The Morgan fingerprint density at radius 1 is 1.29 bits per heavy atom. The van der Waals surface area contributed by atoms with Crippen molar-refractivity contribution in [3.8, 4) is 0 Å². The Morgan fingerprint density at radius 2 is 2.10 bits per heavy atom. The molecule has 0 aliphatic rings. The van der Waals surface area contributed by atoms with E-state index in [1.54, 1.807) is 11.3 Å². The van der Waals surface area contributed by atoms with E-state index < -0.39 is 0 Å². The van der Waals surface area contributed by atoms with Crippen LogP contribution in [0.5, 0.6) is 0 Å². The second-order valence-corrected chi connectivity index (χ2v) is 6.63. The van der Waals surface area contributed by atoms with Crippen LogP contribution in [0, 0.1) is 12.8 Å². The van der Waals surface area contributed by atoms with E-state index in [0.29, 0.717) is 12.5 Å². The molecule has 0 spiro atoms. The van der Waals surface area contributed by atoms with Gasteiger partial charge in [0.05, 0.1) is 6.54 Å². The van der Waals surface area contributed by atoms with Crippen molar-refractivity contribution in [3.63, 3.8) is 0 Å². The second kappa shape index (κ2) is 10.6. The smallest absolute Gasteiger partial charge is 0.191 e. The third-order valence-corrected chi connectivity index (χ3v) is 4.31. The minimum Gasteiger partial charge on any atom is -0.396 e. The molecule has 1 rings (SSSR count). The van der Waals surface area contributed by atoms with Crippen LogP contribution in [-0.2, 0) is 6.54 Å². The Morgan fingerprint density at radius 3 is 2.67 bits per heavy atom.